The highest BCUT2D eigenvalue weighted by molar-refractivity contribution is 7.99. The highest BCUT2D eigenvalue weighted by Gasteiger charge is 2.40. The van der Waals surface area contributed by atoms with Crippen LogP contribution in [0.5, 0.6) is 0 Å². The zero-order valence-electron chi connectivity index (χ0n) is 13.6. The Morgan fingerprint density at radius 3 is 2.70 bits per heavy atom. The van der Waals surface area contributed by atoms with E-state index in [2.05, 4.69) is 50.4 Å². The van der Waals surface area contributed by atoms with Gasteiger partial charge in [0.05, 0.1) is 12.0 Å². The van der Waals surface area contributed by atoms with Gasteiger partial charge in [-0.1, -0.05) is 34.1 Å². The van der Waals surface area contributed by atoms with Crippen molar-refractivity contribution in [3.8, 4) is 6.07 Å². The minimum atomic E-state index is 0.259. The molecule has 0 aromatic carbocycles. The first-order valence-corrected chi connectivity index (χ1v) is 9.28. The maximum Gasteiger partial charge on any atom is 0.0672 e. The molecule has 0 aromatic rings. The van der Waals surface area contributed by atoms with Crippen LogP contribution in [0.1, 0.15) is 53.4 Å². The zero-order chi connectivity index (χ0) is 14.8. The standard InChI is InChI=1S/C17H30N2S/c1-5-17(3,4)15-7-6-14(11-18)16(10-15)19-8-9-20-13(2)12-19/h13-16H,5-10,12H2,1-4H3. The first-order chi connectivity index (χ1) is 9.47. The number of hydrogen-bond acceptors (Lipinski definition) is 3. The molecular formula is C17H30N2S. The van der Waals surface area contributed by atoms with Gasteiger partial charge in [0.15, 0.2) is 0 Å². The van der Waals surface area contributed by atoms with E-state index in [0.29, 0.717) is 11.5 Å². The van der Waals surface area contributed by atoms with E-state index in [0.717, 1.165) is 17.6 Å². The van der Waals surface area contributed by atoms with Crippen LogP contribution in [0.2, 0.25) is 0 Å². The second kappa shape index (κ2) is 6.71. The molecule has 2 rings (SSSR count). The Labute approximate surface area is 129 Å². The fourth-order valence-electron chi connectivity index (χ4n) is 3.85. The minimum absolute atomic E-state index is 0.259. The molecule has 0 N–H and O–H groups in total. The van der Waals surface area contributed by atoms with E-state index in [4.69, 9.17) is 0 Å². The molecule has 0 spiro atoms. The van der Waals surface area contributed by atoms with Crippen molar-refractivity contribution in [3.63, 3.8) is 0 Å². The molecule has 4 atom stereocenters. The Kier molecular flexibility index (Phi) is 5.42. The minimum Gasteiger partial charge on any atom is -0.297 e. The smallest absolute Gasteiger partial charge is 0.0672 e. The lowest BCUT2D eigenvalue weighted by atomic mass is 9.66. The molecule has 2 nitrogen and oxygen atoms in total. The molecule has 1 aliphatic heterocycles. The molecule has 1 saturated heterocycles. The van der Waals surface area contributed by atoms with Crippen molar-refractivity contribution < 1.29 is 0 Å². The number of rotatable bonds is 3. The highest BCUT2D eigenvalue weighted by Crippen LogP contribution is 2.44. The van der Waals surface area contributed by atoms with E-state index >= 15 is 0 Å². The summed E-state index contributed by atoms with van der Waals surface area (Å²) in [5.74, 6) is 2.28. The van der Waals surface area contributed by atoms with Crippen LogP contribution in [0.4, 0.5) is 0 Å². The molecular weight excluding hydrogens is 264 g/mol. The average molecular weight is 295 g/mol. The lowest BCUT2D eigenvalue weighted by molar-refractivity contribution is 0.0538. The summed E-state index contributed by atoms with van der Waals surface area (Å²) in [5, 5.41) is 10.2. The predicted octanol–water partition coefficient (Wildman–Crippen LogP) is 4.17. The van der Waals surface area contributed by atoms with Gasteiger partial charge in [-0.25, -0.2) is 0 Å². The van der Waals surface area contributed by atoms with Crippen LogP contribution in [0.15, 0.2) is 0 Å². The topological polar surface area (TPSA) is 27.0 Å². The highest BCUT2D eigenvalue weighted by atomic mass is 32.2. The summed E-state index contributed by atoms with van der Waals surface area (Å²) < 4.78 is 0. The molecule has 114 valence electrons. The summed E-state index contributed by atoms with van der Waals surface area (Å²) in [4.78, 5) is 2.63. The third kappa shape index (κ3) is 3.52. The van der Waals surface area contributed by atoms with E-state index < -0.39 is 0 Å². The van der Waals surface area contributed by atoms with E-state index in [1.807, 2.05) is 0 Å². The lowest BCUT2D eigenvalue weighted by Gasteiger charge is -2.47. The van der Waals surface area contributed by atoms with Gasteiger partial charge in [0, 0.05) is 30.1 Å². The summed E-state index contributed by atoms with van der Waals surface area (Å²) >= 11 is 2.08. The van der Waals surface area contributed by atoms with E-state index in [1.165, 1.54) is 38.1 Å². The van der Waals surface area contributed by atoms with Gasteiger partial charge < -0.3 is 0 Å². The quantitative estimate of drug-likeness (QED) is 0.781. The molecule has 1 heterocycles. The molecule has 0 amide bonds. The Balaban J connectivity index is 2.08. The number of nitrogens with zero attached hydrogens (tertiary/aromatic N) is 2. The fraction of sp³-hybridized carbons (Fsp3) is 0.941. The molecule has 3 heteroatoms. The SMILES string of the molecule is CCC(C)(C)C1CCC(C#N)C(N2CCSC(C)C2)C1. The number of thioether (sulfide) groups is 1. The summed E-state index contributed by atoms with van der Waals surface area (Å²) in [6.45, 7) is 11.8. The molecule has 4 unspecified atom stereocenters. The van der Waals surface area contributed by atoms with Gasteiger partial charge in [0.1, 0.15) is 0 Å². The van der Waals surface area contributed by atoms with Crippen molar-refractivity contribution in [2.75, 3.05) is 18.8 Å². The van der Waals surface area contributed by atoms with Crippen molar-refractivity contribution in [2.45, 2.75) is 64.7 Å². The monoisotopic (exact) mass is 294 g/mol. The fourth-order valence-corrected chi connectivity index (χ4v) is 4.89. The zero-order valence-corrected chi connectivity index (χ0v) is 14.4. The van der Waals surface area contributed by atoms with Gasteiger partial charge >= 0.3 is 0 Å². The van der Waals surface area contributed by atoms with Crippen LogP contribution < -0.4 is 0 Å². The van der Waals surface area contributed by atoms with Crippen molar-refractivity contribution in [1.29, 1.82) is 5.26 Å². The Hall–Kier alpha value is -0.200. The molecule has 0 aromatic heterocycles. The van der Waals surface area contributed by atoms with Crippen molar-refractivity contribution in [1.82, 2.24) is 4.90 Å². The summed E-state index contributed by atoms with van der Waals surface area (Å²) in [6.07, 6.45) is 4.82. The van der Waals surface area contributed by atoms with Crippen LogP contribution in [0, 0.1) is 28.6 Å². The molecule has 0 radical (unpaired) electrons. The summed E-state index contributed by atoms with van der Waals surface area (Å²) in [6, 6.07) is 3.12. The largest absolute Gasteiger partial charge is 0.297 e. The third-order valence-electron chi connectivity index (χ3n) is 5.74. The van der Waals surface area contributed by atoms with Crippen LogP contribution in [0.25, 0.3) is 0 Å². The van der Waals surface area contributed by atoms with Gasteiger partial charge in [-0.15, -0.1) is 0 Å². The van der Waals surface area contributed by atoms with Crippen LogP contribution >= 0.6 is 11.8 Å². The number of hydrogen-bond donors (Lipinski definition) is 0. The van der Waals surface area contributed by atoms with Gasteiger partial charge in [-0.3, -0.25) is 4.90 Å². The molecule has 2 fully saturated rings. The molecule has 0 bridgehead atoms. The van der Waals surface area contributed by atoms with Gasteiger partial charge in [0.2, 0.25) is 0 Å². The predicted molar refractivity (Wildman–Crippen MR) is 87.8 cm³/mol. The van der Waals surface area contributed by atoms with Crippen molar-refractivity contribution >= 4 is 11.8 Å². The Bertz CT molecular complexity index is 360. The molecule has 1 saturated carbocycles. The van der Waals surface area contributed by atoms with Gasteiger partial charge in [-0.05, 0) is 30.6 Å². The maximum atomic E-state index is 9.52. The second-order valence-electron chi connectivity index (χ2n) is 7.33. The van der Waals surface area contributed by atoms with E-state index in [9.17, 15) is 5.26 Å². The second-order valence-corrected chi connectivity index (χ2v) is 8.88. The van der Waals surface area contributed by atoms with Crippen molar-refractivity contribution in [2.24, 2.45) is 17.3 Å². The summed E-state index contributed by atoms with van der Waals surface area (Å²) in [5.41, 5.74) is 0.425. The van der Waals surface area contributed by atoms with Gasteiger partial charge in [-0.2, -0.15) is 17.0 Å². The molecule has 1 aliphatic carbocycles. The van der Waals surface area contributed by atoms with Crippen LogP contribution in [-0.4, -0.2) is 35.0 Å². The number of nitriles is 1. The average Bonchev–Trinajstić information content (AvgIpc) is 2.46. The van der Waals surface area contributed by atoms with Gasteiger partial charge in [0.25, 0.3) is 0 Å². The Morgan fingerprint density at radius 2 is 2.10 bits per heavy atom. The van der Waals surface area contributed by atoms with Crippen molar-refractivity contribution in [3.05, 3.63) is 0 Å². The maximum absolute atomic E-state index is 9.52. The van der Waals surface area contributed by atoms with E-state index in [-0.39, 0.29) is 5.92 Å². The van der Waals surface area contributed by atoms with E-state index in [1.54, 1.807) is 0 Å². The van der Waals surface area contributed by atoms with Crippen LogP contribution in [0.3, 0.4) is 0 Å². The lowest BCUT2D eigenvalue weighted by Crippen LogP contribution is -2.50. The third-order valence-corrected chi connectivity index (χ3v) is 6.88. The molecule has 20 heavy (non-hydrogen) atoms. The first kappa shape index (κ1) is 16.2. The first-order valence-electron chi connectivity index (χ1n) is 8.23. The van der Waals surface area contributed by atoms with Crippen LogP contribution in [-0.2, 0) is 0 Å². The Morgan fingerprint density at radius 1 is 1.35 bits per heavy atom. The molecule has 2 aliphatic rings. The summed E-state index contributed by atoms with van der Waals surface area (Å²) in [7, 11) is 0. The normalized spacial score (nSPS) is 36.5.